The third kappa shape index (κ3) is 3.30. The van der Waals surface area contributed by atoms with Gasteiger partial charge in [0.25, 0.3) is 0 Å². The van der Waals surface area contributed by atoms with Crippen molar-refractivity contribution in [3.63, 3.8) is 0 Å². The summed E-state index contributed by atoms with van der Waals surface area (Å²) in [5.74, 6) is -0.228. The molecule has 1 rings (SSSR count). The molecule has 1 amide bonds. The highest BCUT2D eigenvalue weighted by Crippen LogP contribution is 2.41. The van der Waals surface area contributed by atoms with Crippen LogP contribution >= 0.6 is 11.8 Å². The maximum atomic E-state index is 11.9. The number of amides is 1. The Morgan fingerprint density at radius 3 is 2.58 bits per heavy atom. The average Bonchev–Trinajstić information content (AvgIpc) is 2.34. The maximum Gasteiger partial charge on any atom is 0.243 e. The first-order valence-corrected chi connectivity index (χ1v) is 7.45. The van der Waals surface area contributed by atoms with Gasteiger partial charge in [0.1, 0.15) is 5.92 Å². The highest BCUT2D eigenvalue weighted by atomic mass is 32.2. The number of rotatable bonds is 5. The van der Waals surface area contributed by atoms with Crippen LogP contribution in [0.4, 0.5) is 0 Å². The molecule has 102 valence electrons. The minimum atomic E-state index is -0.804. The van der Waals surface area contributed by atoms with Gasteiger partial charge in [-0.15, -0.1) is 11.8 Å². The molecule has 0 aromatic carbocycles. The molecule has 0 saturated heterocycles. The lowest BCUT2D eigenvalue weighted by Crippen LogP contribution is -2.44. The predicted molar refractivity (Wildman–Crippen MR) is 75.6 cm³/mol. The second-order valence-electron chi connectivity index (χ2n) is 5.14. The predicted octanol–water partition coefficient (Wildman–Crippen LogP) is 2.94. The molecule has 0 unspecified atom stereocenters. The van der Waals surface area contributed by atoms with Crippen molar-refractivity contribution < 1.29 is 4.79 Å². The average molecular weight is 277 g/mol. The van der Waals surface area contributed by atoms with E-state index in [0.29, 0.717) is 10.6 Å². The molecule has 0 aromatic heterocycles. The van der Waals surface area contributed by atoms with Crippen molar-refractivity contribution in [1.29, 1.82) is 10.5 Å². The van der Waals surface area contributed by atoms with E-state index in [0.717, 1.165) is 25.0 Å². The highest BCUT2D eigenvalue weighted by Gasteiger charge is 2.44. The van der Waals surface area contributed by atoms with Crippen LogP contribution in [-0.4, -0.2) is 11.7 Å². The molecule has 0 aromatic rings. The van der Waals surface area contributed by atoms with E-state index >= 15 is 0 Å². The molecule has 1 N–H and O–H groups in total. The number of nitriles is 2. The molecule has 4 nitrogen and oxygen atoms in total. The normalized spacial score (nSPS) is 21.5. The third-order valence-corrected chi connectivity index (χ3v) is 4.41. The van der Waals surface area contributed by atoms with E-state index in [-0.39, 0.29) is 5.91 Å². The lowest BCUT2D eigenvalue weighted by atomic mass is 9.72. The van der Waals surface area contributed by atoms with Gasteiger partial charge < -0.3 is 5.32 Å². The topological polar surface area (TPSA) is 76.7 Å². The van der Waals surface area contributed by atoms with Crippen molar-refractivity contribution in [2.75, 3.05) is 5.75 Å². The van der Waals surface area contributed by atoms with Crippen molar-refractivity contribution in [2.24, 2.45) is 11.3 Å². The van der Waals surface area contributed by atoms with Gasteiger partial charge in [-0.1, -0.05) is 33.6 Å². The zero-order valence-corrected chi connectivity index (χ0v) is 12.4. The van der Waals surface area contributed by atoms with E-state index < -0.39 is 11.3 Å². The molecule has 0 fully saturated rings. The Labute approximate surface area is 118 Å². The maximum absolute atomic E-state index is 11.9. The number of thioether (sulfide) groups is 1. The van der Waals surface area contributed by atoms with Gasteiger partial charge in [0, 0.05) is 5.41 Å². The summed E-state index contributed by atoms with van der Waals surface area (Å²) in [6, 6.07) is 4.16. The van der Waals surface area contributed by atoms with Crippen LogP contribution in [0, 0.1) is 34.0 Å². The molecule has 19 heavy (non-hydrogen) atoms. The van der Waals surface area contributed by atoms with E-state index in [2.05, 4.69) is 18.3 Å². The molecule has 5 heteroatoms. The summed E-state index contributed by atoms with van der Waals surface area (Å²) >= 11 is 1.50. The van der Waals surface area contributed by atoms with Crippen LogP contribution < -0.4 is 5.32 Å². The summed E-state index contributed by atoms with van der Waals surface area (Å²) in [5, 5.41) is 21.7. The quantitative estimate of drug-likeness (QED) is 0.784. The molecule has 1 aliphatic rings. The first-order valence-electron chi connectivity index (χ1n) is 6.47. The number of carbonyl (C=O) groups excluding carboxylic acids is 1. The van der Waals surface area contributed by atoms with Crippen LogP contribution in [0.25, 0.3) is 0 Å². The summed E-state index contributed by atoms with van der Waals surface area (Å²) in [5.41, 5.74) is -0.209. The molecule has 0 aliphatic carbocycles. The second kappa shape index (κ2) is 6.63. The summed E-state index contributed by atoms with van der Waals surface area (Å²) in [6.07, 6.45) is 3.33. The molecule has 0 spiro atoms. The molecule has 0 bridgehead atoms. The van der Waals surface area contributed by atoms with Gasteiger partial charge in [0.05, 0.1) is 22.7 Å². The smallest absolute Gasteiger partial charge is 0.243 e. The number of unbranched alkanes of at least 4 members (excludes halogenated alkanes) is 2. The number of hydrogen-bond donors (Lipinski definition) is 1. The Kier molecular flexibility index (Phi) is 5.44. The van der Waals surface area contributed by atoms with Crippen LogP contribution in [-0.2, 0) is 4.79 Å². The number of carbonyl (C=O) groups is 1. The van der Waals surface area contributed by atoms with Crippen molar-refractivity contribution >= 4 is 17.7 Å². The number of hydrogen-bond acceptors (Lipinski definition) is 4. The minimum absolute atomic E-state index is 0.301. The Morgan fingerprint density at radius 2 is 2.05 bits per heavy atom. The largest absolute Gasteiger partial charge is 0.319 e. The van der Waals surface area contributed by atoms with Crippen LogP contribution in [0.2, 0.25) is 0 Å². The van der Waals surface area contributed by atoms with Crippen molar-refractivity contribution in [1.82, 2.24) is 5.32 Å². The molecular formula is C14H19N3OS. The summed E-state index contributed by atoms with van der Waals surface area (Å²) < 4.78 is 0. The molecule has 0 radical (unpaired) electrons. The van der Waals surface area contributed by atoms with E-state index in [1.807, 2.05) is 6.07 Å². The molecule has 1 atom stereocenters. The number of nitrogens with one attached hydrogen (secondary N) is 1. The second-order valence-corrected chi connectivity index (χ2v) is 6.25. The van der Waals surface area contributed by atoms with Gasteiger partial charge in [-0.2, -0.15) is 10.5 Å². The van der Waals surface area contributed by atoms with Crippen LogP contribution in [0.5, 0.6) is 0 Å². The Morgan fingerprint density at radius 1 is 1.37 bits per heavy atom. The van der Waals surface area contributed by atoms with E-state index in [9.17, 15) is 10.1 Å². The van der Waals surface area contributed by atoms with E-state index in [4.69, 9.17) is 5.26 Å². The molecule has 1 aliphatic heterocycles. The summed E-state index contributed by atoms with van der Waals surface area (Å²) in [4.78, 5) is 11.9. The van der Waals surface area contributed by atoms with Gasteiger partial charge >= 0.3 is 0 Å². The van der Waals surface area contributed by atoms with Gasteiger partial charge in [0.2, 0.25) is 5.91 Å². The van der Waals surface area contributed by atoms with Gasteiger partial charge in [-0.3, -0.25) is 4.79 Å². The Hall–Kier alpha value is -1.46. The monoisotopic (exact) mass is 277 g/mol. The van der Waals surface area contributed by atoms with E-state index in [1.165, 1.54) is 11.8 Å². The van der Waals surface area contributed by atoms with Crippen LogP contribution in [0.15, 0.2) is 10.6 Å². The number of nitrogens with zero attached hydrogens (tertiary/aromatic N) is 2. The van der Waals surface area contributed by atoms with E-state index in [1.54, 1.807) is 13.8 Å². The first kappa shape index (κ1) is 15.6. The lowest BCUT2D eigenvalue weighted by molar-refractivity contribution is -0.125. The molecular weight excluding hydrogens is 258 g/mol. The number of allylic oxidation sites excluding steroid dienone is 1. The fraction of sp³-hybridized carbons (Fsp3) is 0.643. The van der Waals surface area contributed by atoms with Gasteiger partial charge in [0.15, 0.2) is 0 Å². The Bertz CT molecular complexity index is 468. The first-order chi connectivity index (χ1) is 8.98. The van der Waals surface area contributed by atoms with Crippen molar-refractivity contribution in [2.45, 2.75) is 40.0 Å². The highest BCUT2D eigenvalue weighted by molar-refractivity contribution is 8.03. The summed E-state index contributed by atoms with van der Waals surface area (Å²) in [7, 11) is 0. The zero-order valence-electron chi connectivity index (χ0n) is 11.6. The third-order valence-electron chi connectivity index (χ3n) is 3.33. The van der Waals surface area contributed by atoms with Crippen LogP contribution in [0.1, 0.15) is 40.0 Å². The van der Waals surface area contributed by atoms with Gasteiger partial charge in [-0.05, 0) is 12.2 Å². The molecule has 0 saturated carbocycles. The summed E-state index contributed by atoms with van der Waals surface area (Å²) in [6.45, 7) is 5.70. The standard InChI is InChI=1S/C14H19N3OS/c1-4-5-6-7-19-13-11(9-16)14(2,3)10(8-15)12(18)17-13/h10H,4-7H2,1-3H3,(H,17,18)/t10-/m1/s1. The van der Waals surface area contributed by atoms with Gasteiger partial charge in [-0.25, -0.2) is 0 Å². The van der Waals surface area contributed by atoms with Crippen molar-refractivity contribution in [3.05, 3.63) is 10.6 Å². The minimum Gasteiger partial charge on any atom is -0.319 e. The van der Waals surface area contributed by atoms with Crippen molar-refractivity contribution in [3.8, 4) is 12.1 Å². The fourth-order valence-electron chi connectivity index (χ4n) is 2.06. The lowest BCUT2D eigenvalue weighted by Gasteiger charge is -2.34. The SMILES string of the molecule is CCCCCSC1=C(C#N)C(C)(C)[C@H](C#N)C(=O)N1. The Balaban J connectivity index is 2.94. The fourth-order valence-corrected chi connectivity index (χ4v) is 3.24. The molecule has 1 heterocycles. The zero-order chi connectivity index (χ0) is 14.5. The van der Waals surface area contributed by atoms with Crippen LogP contribution in [0.3, 0.4) is 0 Å².